The van der Waals surface area contributed by atoms with Gasteiger partial charge in [-0.2, -0.15) is 0 Å². The maximum Gasteiger partial charge on any atom is 0.230 e. The van der Waals surface area contributed by atoms with Gasteiger partial charge in [-0.3, -0.25) is 9.59 Å². The molecule has 0 unspecified atom stereocenters. The van der Waals surface area contributed by atoms with Crippen LogP contribution in [0.2, 0.25) is 0 Å². The van der Waals surface area contributed by atoms with Crippen LogP contribution in [0.4, 0.5) is 5.13 Å². The van der Waals surface area contributed by atoms with E-state index in [2.05, 4.69) is 10.3 Å². The number of anilines is 1. The maximum absolute atomic E-state index is 11.7. The van der Waals surface area contributed by atoms with Crippen molar-refractivity contribution in [3.63, 3.8) is 0 Å². The average molecular weight is 260 g/mol. The van der Waals surface area contributed by atoms with Crippen molar-refractivity contribution in [1.82, 2.24) is 4.98 Å². The fourth-order valence-electron chi connectivity index (χ4n) is 1.44. The minimum Gasteiger partial charge on any atom is -0.302 e. The molecule has 2 rings (SSSR count). The van der Waals surface area contributed by atoms with Crippen LogP contribution in [0.3, 0.4) is 0 Å². The molecule has 2 aromatic rings. The third kappa shape index (κ3) is 3.24. The van der Waals surface area contributed by atoms with Crippen LogP contribution < -0.4 is 5.32 Å². The lowest BCUT2D eigenvalue weighted by molar-refractivity contribution is -0.115. The monoisotopic (exact) mass is 260 g/mol. The Kier molecular flexibility index (Phi) is 3.84. The Hall–Kier alpha value is -2.01. The number of ketones is 1. The second-order valence-corrected chi connectivity index (χ2v) is 4.66. The number of nitrogens with one attached hydrogen (secondary N) is 1. The van der Waals surface area contributed by atoms with E-state index in [1.807, 2.05) is 30.3 Å². The number of nitrogens with zero attached hydrogens (tertiary/aromatic N) is 1. The first-order chi connectivity index (χ1) is 8.65. The molecule has 92 valence electrons. The van der Waals surface area contributed by atoms with Crippen molar-refractivity contribution in [3.05, 3.63) is 47.0 Å². The van der Waals surface area contributed by atoms with Crippen molar-refractivity contribution in [3.8, 4) is 0 Å². The molecule has 1 amide bonds. The number of thiazole rings is 1. The van der Waals surface area contributed by atoms with Gasteiger partial charge in [-0.1, -0.05) is 30.3 Å². The molecule has 1 heterocycles. The van der Waals surface area contributed by atoms with Crippen LogP contribution in [0.5, 0.6) is 0 Å². The Balaban J connectivity index is 1.97. The SMILES string of the molecule is CC(=O)c1csc(NC(=O)Cc2ccccc2)n1. The summed E-state index contributed by atoms with van der Waals surface area (Å²) in [5.74, 6) is -0.236. The quantitative estimate of drug-likeness (QED) is 0.859. The van der Waals surface area contributed by atoms with Gasteiger partial charge in [0.1, 0.15) is 5.69 Å². The summed E-state index contributed by atoms with van der Waals surface area (Å²) < 4.78 is 0. The summed E-state index contributed by atoms with van der Waals surface area (Å²) in [4.78, 5) is 26.8. The van der Waals surface area contributed by atoms with E-state index in [1.54, 1.807) is 5.38 Å². The van der Waals surface area contributed by atoms with Gasteiger partial charge in [-0.05, 0) is 5.56 Å². The summed E-state index contributed by atoms with van der Waals surface area (Å²) in [5, 5.41) is 4.78. The summed E-state index contributed by atoms with van der Waals surface area (Å²) in [6.07, 6.45) is 0.301. The van der Waals surface area contributed by atoms with Crippen molar-refractivity contribution in [2.24, 2.45) is 0 Å². The lowest BCUT2D eigenvalue weighted by Crippen LogP contribution is -2.14. The van der Waals surface area contributed by atoms with E-state index < -0.39 is 0 Å². The van der Waals surface area contributed by atoms with Crippen LogP contribution >= 0.6 is 11.3 Å². The van der Waals surface area contributed by atoms with Gasteiger partial charge in [0.05, 0.1) is 6.42 Å². The van der Waals surface area contributed by atoms with E-state index in [9.17, 15) is 9.59 Å². The Morgan fingerprint density at radius 1 is 1.28 bits per heavy atom. The topological polar surface area (TPSA) is 59.1 Å². The highest BCUT2D eigenvalue weighted by atomic mass is 32.1. The largest absolute Gasteiger partial charge is 0.302 e. The van der Waals surface area contributed by atoms with Crippen molar-refractivity contribution < 1.29 is 9.59 Å². The van der Waals surface area contributed by atoms with Crippen LogP contribution in [0.25, 0.3) is 0 Å². The Morgan fingerprint density at radius 2 is 2.00 bits per heavy atom. The molecule has 0 atom stereocenters. The molecule has 0 aliphatic carbocycles. The third-order valence-corrected chi connectivity index (χ3v) is 3.08. The summed E-state index contributed by atoms with van der Waals surface area (Å²) in [6, 6.07) is 9.46. The lowest BCUT2D eigenvalue weighted by Gasteiger charge is -2.01. The first-order valence-corrected chi connectivity index (χ1v) is 6.33. The molecule has 1 aromatic carbocycles. The standard InChI is InChI=1S/C13H12N2O2S/c1-9(16)11-8-18-13(14-11)15-12(17)7-10-5-3-2-4-6-10/h2-6,8H,7H2,1H3,(H,14,15,17). The molecule has 0 fully saturated rings. The highest BCUT2D eigenvalue weighted by Gasteiger charge is 2.09. The van der Waals surface area contributed by atoms with E-state index in [0.717, 1.165) is 5.56 Å². The molecular weight excluding hydrogens is 248 g/mol. The van der Waals surface area contributed by atoms with Gasteiger partial charge in [-0.25, -0.2) is 4.98 Å². The number of Topliss-reactive ketones (excluding diaryl/α,β-unsaturated/α-hetero) is 1. The molecule has 4 nitrogen and oxygen atoms in total. The van der Waals surface area contributed by atoms with Gasteiger partial charge in [0, 0.05) is 12.3 Å². The van der Waals surface area contributed by atoms with Crippen LogP contribution in [0.1, 0.15) is 23.0 Å². The predicted molar refractivity (Wildman–Crippen MR) is 70.9 cm³/mol. The van der Waals surface area contributed by atoms with E-state index in [4.69, 9.17) is 0 Å². The summed E-state index contributed by atoms with van der Waals surface area (Å²) in [5.41, 5.74) is 1.33. The van der Waals surface area contributed by atoms with Crippen LogP contribution in [0.15, 0.2) is 35.7 Å². The normalized spacial score (nSPS) is 10.1. The second kappa shape index (κ2) is 5.55. The van der Waals surface area contributed by atoms with Crippen LogP contribution in [0, 0.1) is 0 Å². The molecule has 0 saturated carbocycles. The van der Waals surface area contributed by atoms with Gasteiger partial charge < -0.3 is 5.32 Å². The smallest absolute Gasteiger partial charge is 0.230 e. The number of aromatic nitrogens is 1. The summed E-state index contributed by atoms with van der Waals surface area (Å²) in [6.45, 7) is 1.45. The molecule has 0 spiro atoms. The number of hydrogen-bond acceptors (Lipinski definition) is 4. The Morgan fingerprint density at radius 3 is 2.61 bits per heavy atom. The number of rotatable bonds is 4. The Bertz CT molecular complexity index is 563. The van der Waals surface area contributed by atoms with Gasteiger partial charge in [0.15, 0.2) is 10.9 Å². The highest BCUT2D eigenvalue weighted by molar-refractivity contribution is 7.14. The van der Waals surface area contributed by atoms with Crippen LogP contribution in [-0.4, -0.2) is 16.7 Å². The first kappa shape index (κ1) is 12.4. The molecule has 18 heavy (non-hydrogen) atoms. The van der Waals surface area contributed by atoms with Gasteiger partial charge in [-0.15, -0.1) is 11.3 Å². The molecule has 0 saturated heterocycles. The van der Waals surface area contributed by atoms with Gasteiger partial charge in [0.2, 0.25) is 5.91 Å². The Labute approximate surface area is 109 Å². The van der Waals surface area contributed by atoms with Crippen molar-refractivity contribution in [1.29, 1.82) is 0 Å². The molecular formula is C13H12N2O2S. The van der Waals surface area contributed by atoms with Gasteiger partial charge >= 0.3 is 0 Å². The van der Waals surface area contributed by atoms with Crippen molar-refractivity contribution in [2.45, 2.75) is 13.3 Å². The van der Waals surface area contributed by atoms with Gasteiger partial charge in [0.25, 0.3) is 0 Å². The average Bonchev–Trinajstić information content (AvgIpc) is 2.78. The summed E-state index contributed by atoms with van der Waals surface area (Å²) >= 11 is 1.25. The predicted octanol–water partition coefficient (Wildman–Crippen LogP) is 2.53. The zero-order valence-corrected chi connectivity index (χ0v) is 10.7. The van der Waals surface area contributed by atoms with E-state index in [0.29, 0.717) is 17.2 Å². The van der Waals surface area contributed by atoms with E-state index in [1.165, 1.54) is 18.3 Å². The van der Waals surface area contributed by atoms with Crippen molar-refractivity contribution in [2.75, 3.05) is 5.32 Å². The maximum atomic E-state index is 11.7. The minimum atomic E-state index is -0.134. The minimum absolute atomic E-state index is 0.102. The molecule has 1 aromatic heterocycles. The molecule has 0 aliphatic heterocycles. The van der Waals surface area contributed by atoms with E-state index >= 15 is 0 Å². The van der Waals surface area contributed by atoms with Crippen molar-refractivity contribution >= 4 is 28.2 Å². The number of carbonyl (C=O) groups excluding carboxylic acids is 2. The fourth-order valence-corrected chi connectivity index (χ4v) is 2.20. The molecule has 1 N–H and O–H groups in total. The number of amides is 1. The molecule has 5 heteroatoms. The number of carbonyl (C=O) groups is 2. The third-order valence-electron chi connectivity index (χ3n) is 2.32. The molecule has 0 radical (unpaired) electrons. The number of hydrogen-bond donors (Lipinski definition) is 1. The fraction of sp³-hybridized carbons (Fsp3) is 0.154. The van der Waals surface area contributed by atoms with E-state index in [-0.39, 0.29) is 11.7 Å². The second-order valence-electron chi connectivity index (χ2n) is 3.80. The first-order valence-electron chi connectivity index (χ1n) is 5.45. The molecule has 0 aliphatic rings. The zero-order chi connectivity index (χ0) is 13.0. The summed E-state index contributed by atoms with van der Waals surface area (Å²) in [7, 11) is 0. The lowest BCUT2D eigenvalue weighted by atomic mass is 10.1. The molecule has 0 bridgehead atoms. The van der Waals surface area contributed by atoms with Crippen LogP contribution in [-0.2, 0) is 11.2 Å². The number of benzene rings is 1. The zero-order valence-electron chi connectivity index (χ0n) is 9.84. The highest BCUT2D eigenvalue weighted by Crippen LogP contribution is 2.16.